The van der Waals surface area contributed by atoms with Crippen LogP contribution >= 0.6 is 0 Å². The van der Waals surface area contributed by atoms with Crippen LogP contribution in [0.3, 0.4) is 0 Å². The molecule has 0 bridgehead atoms. The van der Waals surface area contributed by atoms with Crippen LogP contribution < -0.4 is 4.90 Å². The predicted octanol–water partition coefficient (Wildman–Crippen LogP) is 17.4. The van der Waals surface area contributed by atoms with Crippen molar-refractivity contribution in [1.29, 1.82) is 0 Å². The van der Waals surface area contributed by atoms with Crippen LogP contribution in [0.4, 0.5) is 17.1 Å². The van der Waals surface area contributed by atoms with E-state index in [0.29, 0.717) is 0 Å². The van der Waals surface area contributed by atoms with Gasteiger partial charge in [-0.25, -0.2) is 0 Å². The average Bonchev–Trinajstić information content (AvgIpc) is 4.15. The lowest BCUT2D eigenvalue weighted by Gasteiger charge is -2.35. The second-order valence-corrected chi connectivity index (χ2v) is 19.0. The molecule has 326 valence electrons. The summed E-state index contributed by atoms with van der Waals surface area (Å²) in [4.78, 5) is 2.54. The number of nitrogens with zero attached hydrogens (tertiary/aromatic N) is 1. The Labute approximate surface area is 407 Å². The lowest BCUT2D eigenvalue weighted by Crippen LogP contribution is -2.28. The number of hydrogen-bond acceptors (Lipinski definition) is 2. The summed E-state index contributed by atoms with van der Waals surface area (Å²) in [5.41, 5.74) is 24.3. The smallest absolute Gasteiger partial charge is 0.135 e. The molecule has 0 fully saturated rings. The second-order valence-electron chi connectivity index (χ2n) is 19.0. The molecular formula is C68H43NO. The molecule has 1 spiro atoms. The number of hydrogen-bond donors (Lipinski definition) is 0. The Morgan fingerprint density at radius 1 is 0.286 bits per heavy atom. The molecule has 0 atom stereocenters. The summed E-state index contributed by atoms with van der Waals surface area (Å²) in [7, 11) is 0. The van der Waals surface area contributed by atoms with Crippen LogP contribution in [0.25, 0.3) is 66.4 Å². The fourth-order valence-corrected chi connectivity index (χ4v) is 13.0. The molecule has 15 rings (SSSR count). The topological polar surface area (TPSA) is 16.4 Å². The molecule has 12 aromatic rings. The number of benzene rings is 11. The Morgan fingerprint density at radius 2 is 0.786 bits per heavy atom. The Bertz CT molecular complexity index is 3980. The molecule has 3 aliphatic carbocycles. The van der Waals surface area contributed by atoms with Crippen molar-refractivity contribution in [3.63, 3.8) is 0 Å². The van der Waals surface area contributed by atoms with Gasteiger partial charge in [-0.2, -0.15) is 0 Å². The summed E-state index contributed by atoms with van der Waals surface area (Å²) >= 11 is 0. The number of para-hydroxylation sites is 1. The van der Waals surface area contributed by atoms with Crippen molar-refractivity contribution in [2.45, 2.75) is 10.8 Å². The van der Waals surface area contributed by atoms with Gasteiger partial charge in [0.1, 0.15) is 11.2 Å². The number of fused-ring (bicyclic) bond motifs is 16. The van der Waals surface area contributed by atoms with Gasteiger partial charge in [0.05, 0.1) is 16.5 Å². The van der Waals surface area contributed by atoms with Crippen LogP contribution in [0.1, 0.15) is 44.5 Å². The minimum Gasteiger partial charge on any atom is -0.456 e. The molecule has 3 aliphatic rings. The van der Waals surface area contributed by atoms with Gasteiger partial charge in [0.2, 0.25) is 0 Å². The highest BCUT2D eigenvalue weighted by molar-refractivity contribution is 6.07. The Balaban J connectivity index is 1.02. The lowest BCUT2D eigenvalue weighted by molar-refractivity contribution is 0.669. The summed E-state index contributed by atoms with van der Waals surface area (Å²) in [6.07, 6.45) is 0. The molecule has 11 aromatic carbocycles. The summed E-state index contributed by atoms with van der Waals surface area (Å²) < 4.78 is 6.31. The van der Waals surface area contributed by atoms with E-state index < -0.39 is 10.8 Å². The average molecular weight is 890 g/mol. The first-order chi connectivity index (χ1) is 34.7. The standard InChI is InChI=1S/C68H43NO/c1-3-20-46(21-4-1)67(47-22-5-2-6-23-47)60-33-15-10-29-55(60)66-61(67)34-18-35-63(66)69(48-24-17-19-44(41-48)45-37-40-65-56(42-45)54-28-11-16-36-64(54)70-65)49-38-39-53-52-27-9-14-32-59(52)68(62(53)43-49)57-30-12-7-25-50(57)51-26-8-13-31-58(51)68/h1-43H. The van der Waals surface area contributed by atoms with Gasteiger partial charge in [-0.1, -0.05) is 212 Å². The quantitative estimate of drug-likeness (QED) is 0.165. The third kappa shape index (κ3) is 5.17. The molecule has 2 heteroatoms. The third-order valence-corrected chi connectivity index (χ3v) is 15.8. The molecule has 0 N–H and O–H groups in total. The minimum atomic E-state index is -0.554. The monoisotopic (exact) mass is 889 g/mol. The largest absolute Gasteiger partial charge is 0.456 e. The number of anilines is 3. The van der Waals surface area contributed by atoms with E-state index in [1.807, 2.05) is 6.07 Å². The van der Waals surface area contributed by atoms with Gasteiger partial charge in [0, 0.05) is 27.7 Å². The van der Waals surface area contributed by atoms with Gasteiger partial charge in [0.25, 0.3) is 0 Å². The first kappa shape index (κ1) is 39.1. The van der Waals surface area contributed by atoms with E-state index >= 15 is 0 Å². The van der Waals surface area contributed by atoms with E-state index in [-0.39, 0.29) is 0 Å². The maximum atomic E-state index is 6.31. The molecule has 1 heterocycles. The molecule has 70 heavy (non-hydrogen) atoms. The highest BCUT2D eigenvalue weighted by atomic mass is 16.3. The van der Waals surface area contributed by atoms with E-state index in [4.69, 9.17) is 4.42 Å². The van der Waals surface area contributed by atoms with Gasteiger partial charge in [-0.15, -0.1) is 0 Å². The van der Waals surface area contributed by atoms with Crippen LogP contribution in [0.2, 0.25) is 0 Å². The van der Waals surface area contributed by atoms with Crippen LogP contribution in [0.5, 0.6) is 0 Å². The molecule has 0 unspecified atom stereocenters. The van der Waals surface area contributed by atoms with Crippen molar-refractivity contribution in [2.24, 2.45) is 0 Å². The second kappa shape index (κ2) is 14.8. The molecule has 2 nitrogen and oxygen atoms in total. The molecule has 0 amide bonds. The van der Waals surface area contributed by atoms with Gasteiger partial charge in [-0.05, 0) is 132 Å². The summed E-state index contributed by atoms with van der Waals surface area (Å²) in [6, 6.07) is 96.9. The molecule has 0 aliphatic heterocycles. The first-order valence-electron chi connectivity index (χ1n) is 24.3. The third-order valence-electron chi connectivity index (χ3n) is 15.8. The van der Waals surface area contributed by atoms with E-state index in [0.717, 1.165) is 50.1 Å². The van der Waals surface area contributed by atoms with Crippen LogP contribution in [0, 0.1) is 0 Å². The zero-order valence-electron chi connectivity index (χ0n) is 38.2. The SMILES string of the molecule is c1ccc(C2(c3ccccc3)c3ccccc3-c3c(N(c4cccc(-c5ccc6oc7ccccc7c6c5)c4)c4ccc5c(c4)C4(c6ccccc6-c6ccccc64)c4ccccc4-5)cccc32)cc1. The van der Waals surface area contributed by atoms with E-state index in [1.165, 1.54) is 77.9 Å². The Kier molecular flexibility index (Phi) is 8.24. The van der Waals surface area contributed by atoms with E-state index in [1.54, 1.807) is 0 Å². The number of furan rings is 1. The Morgan fingerprint density at radius 3 is 1.46 bits per heavy atom. The predicted molar refractivity (Wildman–Crippen MR) is 287 cm³/mol. The maximum Gasteiger partial charge on any atom is 0.135 e. The summed E-state index contributed by atoms with van der Waals surface area (Å²) in [6.45, 7) is 0. The maximum absolute atomic E-state index is 6.31. The van der Waals surface area contributed by atoms with Crippen molar-refractivity contribution in [2.75, 3.05) is 4.90 Å². The highest BCUT2D eigenvalue weighted by Crippen LogP contribution is 2.64. The van der Waals surface area contributed by atoms with Crippen molar-refractivity contribution >= 4 is 39.0 Å². The van der Waals surface area contributed by atoms with Crippen molar-refractivity contribution in [1.82, 2.24) is 0 Å². The van der Waals surface area contributed by atoms with Crippen molar-refractivity contribution in [3.8, 4) is 44.5 Å². The fraction of sp³-hybridized carbons (Fsp3) is 0.0294. The minimum absolute atomic E-state index is 0.494. The zero-order valence-corrected chi connectivity index (χ0v) is 38.2. The fourth-order valence-electron chi connectivity index (χ4n) is 13.0. The van der Waals surface area contributed by atoms with Crippen molar-refractivity contribution in [3.05, 3.63) is 305 Å². The molecule has 0 radical (unpaired) electrons. The molecule has 0 saturated heterocycles. The van der Waals surface area contributed by atoms with Crippen molar-refractivity contribution < 1.29 is 4.42 Å². The highest BCUT2D eigenvalue weighted by Gasteiger charge is 2.52. The van der Waals surface area contributed by atoms with Crippen LogP contribution in [-0.4, -0.2) is 0 Å². The van der Waals surface area contributed by atoms with Gasteiger partial charge < -0.3 is 9.32 Å². The van der Waals surface area contributed by atoms with Crippen LogP contribution in [0.15, 0.2) is 265 Å². The van der Waals surface area contributed by atoms with Gasteiger partial charge in [0.15, 0.2) is 0 Å². The zero-order chi connectivity index (χ0) is 46.0. The Hall–Kier alpha value is -8.98. The van der Waals surface area contributed by atoms with E-state index in [2.05, 4.69) is 260 Å². The number of rotatable bonds is 6. The molecule has 1 aromatic heterocycles. The van der Waals surface area contributed by atoms with Gasteiger partial charge >= 0.3 is 0 Å². The normalized spacial score (nSPS) is 13.9. The van der Waals surface area contributed by atoms with Gasteiger partial charge in [-0.3, -0.25) is 0 Å². The molecular weight excluding hydrogens is 847 g/mol. The van der Waals surface area contributed by atoms with Crippen LogP contribution in [-0.2, 0) is 10.8 Å². The first-order valence-corrected chi connectivity index (χ1v) is 24.3. The molecule has 0 saturated carbocycles. The summed E-state index contributed by atoms with van der Waals surface area (Å²) in [5.74, 6) is 0. The summed E-state index contributed by atoms with van der Waals surface area (Å²) in [5, 5.41) is 2.24. The van der Waals surface area contributed by atoms with E-state index in [9.17, 15) is 0 Å². The lowest BCUT2D eigenvalue weighted by atomic mass is 9.68.